The topological polar surface area (TPSA) is 66.5 Å². The van der Waals surface area contributed by atoms with Crippen LogP contribution in [-0.4, -0.2) is 42.2 Å². The van der Waals surface area contributed by atoms with Crippen molar-refractivity contribution in [3.05, 3.63) is 90.3 Å². The van der Waals surface area contributed by atoms with Gasteiger partial charge in [0.05, 0.1) is 30.2 Å². The van der Waals surface area contributed by atoms with Crippen LogP contribution in [0.4, 0.5) is 29.3 Å². The Hall–Kier alpha value is -3.95. The number of anilines is 2. The van der Waals surface area contributed by atoms with Gasteiger partial charge in [-0.15, -0.1) is 0 Å². The number of hydrogen-bond donors (Lipinski definition) is 2. The van der Waals surface area contributed by atoms with Gasteiger partial charge in [0.15, 0.2) is 0 Å². The van der Waals surface area contributed by atoms with Gasteiger partial charge in [0, 0.05) is 42.5 Å². The highest BCUT2D eigenvalue weighted by Gasteiger charge is 2.30. The third-order valence-electron chi connectivity index (χ3n) is 6.27. The van der Waals surface area contributed by atoms with Crippen LogP contribution in [0.5, 0.6) is 0 Å². The largest absolute Gasteiger partial charge is 0.416 e. The number of carbonyl (C=O) groups excluding carboxylic acids is 1. The summed E-state index contributed by atoms with van der Waals surface area (Å²) in [4.78, 5) is 19.6. The Morgan fingerprint density at radius 2 is 1.62 bits per heavy atom. The molecule has 2 N–H and O–H groups in total. The van der Waals surface area contributed by atoms with Crippen molar-refractivity contribution in [2.75, 3.05) is 36.9 Å². The van der Waals surface area contributed by atoms with E-state index in [-0.39, 0.29) is 5.69 Å². The molecule has 2 amide bonds. The number of benzene rings is 3. The first-order valence-corrected chi connectivity index (χ1v) is 11.9. The van der Waals surface area contributed by atoms with Gasteiger partial charge in [0.25, 0.3) is 0 Å². The standard InChI is InChI=1S/C28H25F3N4O2/c29-28(30,31)20-6-9-21(10-7-20)33-27(36)34-26-12-11-23(24-3-1-2-4-25(24)26)19-5-8-22(32-17-19)18-35-13-15-37-16-14-35/h1-12,17H,13-16,18H2,(H2,33,34,36). The Morgan fingerprint density at radius 3 is 2.30 bits per heavy atom. The number of rotatable bonds is 5. The zero-order valence-electron chi connectivity index (χ0n) is 19.9. The Balaban J connectivity index is 1.32. The second-order valence-corrected chi connectivity index (χ2v) is 8.79. The van der Waals surface area contributed by atoms with Crippen LogP contribution in [0.15, 0.2) is 79.0 Å². The Morgan fingerprint density at radius 1 is 0.892 bits per heavy atom. The van der Waals surface area contributed by atoms with E-state index in [4.69, 9.17) is 4.74 Å². The fourth-order valence-corrected chi connectivity index (χ4v) is 4.35. The van der Waals surface area contributed by atoms with Gasteiger partial charge < -0.3 is 15.4 Å². The summed E-state index contributed by atoms with van der Waals surface area (Å²) in [6.07, 6.45) is -2.57. The lowest BCUT2D eigenvalue weighted by atomic mass is 9.98. The van der Waals surface area contributed by atoms with Crippen LogP contribution in [0.2, 0.25) is 0 Å². The molecule has 1 aromatic heterocycles. The summed E-state index contributed by atoms with van der Waals surface area (Å²) in [5.74, 6) is 0. The Labute approximate surface area is 212 Å². The number of ether oxygens (including phenoxy) is 1. The van der Waals surface area contributed by atoms with Gasteiger partial charge in [0.2, 0.25) is 0 Å². The van der Waals surface area contributed by atoms with E-state index < -0.39 is 17.8 Å². The molecule has 0 radical (unpaired) electrons. The zero-order valence-corrected chi connectivity index (χ0v) is 19.9. The highest BCUT2D eigenvalue weighted by Crippen LogP contribution is 2.33. The molecular weight excluding hydrogens is 481 g/mol. The number of fused-ring (bicyclic) bond motifs is 1. The monoisotopic (exact) mass is 506 g/mol. The summed E-state index contributed by atoms with van der Waals surface area (Å²) in [7, 11) is 0. The fourth-order valence-electron chi connectivity index (χ4n) is 4.35. The molecule has 0 atom stereocenters. The maximum atomic E-state index is 12.8. The molecule has 2 heterocycles. The van der Waals surface area contributed by atoms with E-state index in [1.807, 2.05) is 48.7 Å². The molecule has 9 heteroatoms. The van der Waals surface area contributed by atoms with Crippen LogP contribution in [0.25, 0.3) is 21.9 Å². The van der Waals surface area contributed by atoms with Gasteiger partial charge >= 0.3 is 12.2 Å². The molecule has 0 spiro atoms. The number of morpholine rings is 1. The highest BCUT2D eigenvalue weighted by molar-refractivity contribution is 6.09. The van der Waals surface area contributed by atoms with Crippen molar-refractivity contribution in [3.8, 4) is 11.1 Å². The third-order valence-corrected chi connectivity index (χ3v) is 6.27. The van der Waals surface area contributed by atoms with Crippen LogP contribution in [-0.2, 0) is 17.5 Å². The fraction of sp³-hybridized carbons (Fsp3) is 0.214. The van der Waals surface area contributed by atoms with E-state index in [2.05, 4.69) is 26.6 Å². The van der Waals surface area contributed by atoms with Gasteiger partial charge in [-0.2, -0.15) is 13.2 Å². The Bertz CT molecular complexity index is 1380. The highest BCUT2D eigenvalue weighted by atomic mass is 19.4. The summed E-state index contributed by atoms with van der Waals surface area (Å²) in [6, 6.07) is 19.3. The second kappa shape index (κ2) is 10.6. The normalized spacial score (nSPS) is 14.5. The van der Waals surface area contributed by atoms with Crippen molar-refractivity contribution in [3.63, 3.8) is 0 Å². The molecule has 0 bridgehead atoms. The second-order valence-electron chi connectivity index (χ2n) is 8.79. The van der Waals surface area contributed by atoms with E-state index >= 15 is 0 Å². The van der Waals surface area contributed by atoms with Gasteiger partial charge in [-0.3, -0.25) is 9.88 Å². The first-order chi connectivity index (χ1) is 17.9. The number of aromatic nitrogens is 1. The van der Waals surface area contributed by atoms with Crippen molar-refractivity contribution in [1.82, 2.24) is 9.88 Å². The molecule has 5 rings (SSSR count). The van der Waals surface area contributed by atoms with Gasteiger partial charge in [-0.05, 0) is 47.3 Å². The molecule has 0 unspecified atom stereocenters. The number of carbonyl (C=O) groups is 1. The molecule has 190 valence electrons. The van der Waals surface area contributed by atoms with E-state index in [9.17, 15) is 18.0 Å². The van der Waals surface area contributed by atoms with Crippen molar-refractivity contribution in [1.29, 1.82) is 0 Å². The number of nitrogens with zero attached hydrogens (tertiary/aromatic N) is 2. The quantitative estimate of drug-likeness (QED) is 0.329. The van der Waals surface area contributed by atoms with Crippen LogP contribution >= 0.6 is 0 Å². The minimum Gasteiger partial charge on any atom is -0.379 e. The van der Waals surface area contributed by atoms with E-state index in [1.165, 1.54) is 12.1 Å². The lowest BCUT2D eigenvalue weighted by Crippen LogP contribution is -2.35. The molecule has 1 aliphatic heterocycles. The van der Waals surface area contributed by atoms with Gasteiger partial charge in [-0.1, -0.05) is 36.4 Å². The maximum absolute atomic E-state index is 12.8. The van der Waals surface area contributed by atoms with Crippen molar-refractivity contribution in [2.45, 2.75) is 12.7 Å². The third kappa shape index (κ3) is 5.90. The van der Waals surface area contributed by atoms with E-state index in [0.29, 0.717) is 5.69 Å². The molecule has 0 aliphatic carbocycles. The lowest BCUT2D eigenvalue weighted by molar-refractivity contribution is -0.137. The zero-order chi connectivity index (χ0) is 25.8. The van der Waals surface area contributed by atoms with Gasteiger partial charge in [0.1, 0.15) is 0 Å². The molecule has 3 aromatic carbocycles. The molecule has 37 heavy (non-hydrogen) atoms. The summed E-state index contributed by atoms with van der Waals surface area (Å²) in [5.41, 5.74) is 3.00. The molecular formula is C28H25F3N4O2. The van der Waals surface area contributed by atoms with Crippen LogP contribution in [0, 0.1) is 0 Å². The summed E-state index contributed by atoms with van der Waals surface area (Å²) in [5, 5.41) is 7.16. The SMILES string of the molecule is O=C(Nc1ccc(C(F)(F)F)cc1)Nc1ccc(-c2ccc(CN3CCOCC3)nc2)c2ccccc12. The average Bonchev–Trinajstić information content (AvgIpc) is 2.90. The van der Waals surface area contributed by atoms with Crippen molar-refractivity contribution < 1.29 is 22.7 Å². The van der Waals surface area contributed by atoms with Crippen molar-refractivity contribution in [2.24, 2.45) is 0 Å². The number of urea groups is 1. The molecule has 1 fully saturated rings. The molecule has 1 aliphatic rings. The Kier molecular flexibility index (Phi) is 7.07. The molecule has 6 nitrogen and oxygen atoms in total. The number of amides is 2. The summed E-state index contributed by atoms with van der Waals surface area (Å²) < 4.78 is 43.7. The lowest BCUT2D eigenvalue weighted by Gasteiger charge is -2.26. The number of halogens is 3. The van der Waals surface area contributed by atoms with Gasteiger partial charge in [-0.25, -0.2) is 4.79 Å². The predicted octanol–water partition coefficient (Wildman–Crippen LogP) is 6.40. The number of hydrogen-bond acceptors (Lipinski definition) is 4. The average molecular weight is 507 g/mol. The minimum absolute atomic E-state index is 0.259. The smallest absolute Gasteiger partial charge is 0.379 e. The maximum Gasteiger partial charge on any atom is 0.416 e. The first kappa shape index (κ1) is 24.7. The number of nitrogens with one attached hydrogen (secondary N) is 2. The molecule has 0 saturated carbocycles. The predicted molar refractivity (Wildman–Crippen MR) is 137 cm³/mol. The van der Waals surface area contributed by atoms with E-state index in [1.54, 1.807) is 0 Å². The summed E-state index contributed by atoms with van der Waals surface area (Å²) >= 11 is 0. The molecule has 4 aromatic rings. The molecule has 1 saturated heterocycles. The van der Waals surface area contributed by atoms with Crippen LogP contribution in [0.3, 0.4) is 0 Å². The van der Waals surface area contributed by atoms with Crippen LogP contribution < -0.4 is 10.6 Å². The van der Waals surface area contributed by atoms with Crippen LogP contribution in [0.1, 0.15) is 11.3 Å². The summed E-state index contributed by atoms with van der Waals surface area (Å²) in [6.45, 7) is 4.06. The first-order valence-electron chi connectivity index (χ1n) is 11.9. The number of alkyl halides is 3. The van der Waals surface area contributed by atoms with E-state index in [0.717, 1.165) is 72.6 Å². The van der Waals surface area contributed by atoms with Crippen molar-refractivity contribution >= 4 is 28.2 Å². The minimum atomic E-state index is -4.43. The number of pyridine rings is 1.